The monoisotopic (exact) mass is 453 g/mol. The first kappa shape index (κ1) is 19.2. The Bertz CT molecular complexity index is 1740. The van der Waals surface area contributed by atoms with E-state index >= 15 is 0 Å². The molecule has 0 fully saturated rings. The standard InChI is InChI=1S/C30H19N3S/c1-2-8-20(9-3-1)21-14-16-22(17-15-21)28-25-18-19-34-29(25)32-30(31-28)33-26-12-6-4-10-23(26)24-11-5-7-13-27(24)33/h1-19H. The van der Waals surface area contributed by atoms with Gasteiger partial charge in [-0.2, -0.15) is 0 Å². The molecular formula is C30H19N3S. The van der Waals surface area contributed by atoms with Crippen LogP contribution in [0.5, 0.6) is 0 Å². The zero-order valence-electron chi connectivity index (χ0n) is 18.2. The Hall–Kier alpha value is -4.28. The Kier molecular flexibility index (Phi) is 4.32. The van der Waals surface area contributed by atoms with Crippen molar-refractivity contribution < 1.29 is 0 Å². The van der Waals surface area contributed by atoms with Crippen molar-refractivity contribution in [3.63, 3.8) is 0 Å². The van der Waals surface area contributed by atoms with Gasteiger partial charge in [0.05, 0.1) is 16.7 Å². The van der Waals surface area contributed by atoms with Gasteiger partial charge in [0.2, 0.25) is 5.95 Å². The van der Waals surface area contributed by atoms with Gasteiger partial charge >= 0.3 is 0 Å². The second kappa shape index (κ2) is 7.65. The van der Waals surface area contributed by atoms with Crippen LogP contribution in [0.2, 0.25) is 0 Å². The molecule has 0 atom stereocenters. The van der Waals surface area contributed by atoms with E-state index in [0.717, 1.165) is 32.5 Å². The fourth-order valence-corrected chi connectivity index (χ4v) is 5.51. The number of para-hydroxylation sites is 2. The highest BCUT2D eigenvalue weighted by molar-refractivity contribution is 7.16. The molecule has 34 heavy (non-hydrogen) atoms. The average molecular weight is 454 g/mol. The second-order valence-corrected chi connectivity index (χ2v) is 9.22. The van der Waals surface area contributed by atoms with E-state index in [9.17, 15) is 0 Å². The van der Waals surface area contributed by atoms with Crippen molar-refractivity contribution in [1.82, 2.24) is 14.5 Å². The quantitative estimate of drug-likeness (QED) is 0.270. The van der Waals surface area contributed by atoms with Gasteiger partial charge in [0.1, 0.15) is 4.83 Å². The minimum absolute atomic E-state index is 0.703. The Labute approximate surface area is 200 Å². The lowest BCUT2D eigenvalue weighted by atomic mass is 10.0. The van der Waals surface area contributed by atoms with Crippen LogP contribution in [-0.4, -0.2) is 14.5 Å². The molecule has 3 heterocycles. The molecule has 0 saturated heterocycles. The average Bonchev–Trinajstić information content (AvgIpc) is 3.51. The Morgan fingerprint density at radius 1 is 0.500 bits per heavy atom. The van der Waals surface area contributed by atoms with E-state index in [1.54, 1.807) is 11.3 Å². The molecule has 0 spiro atoms. The molecule has 0 unspecified atom stereocenters. The minimum atomic E-state index is 0.703. The van der Waals surface area contributed by atoms with Crippen LogP contribution in [-0.2, 0) is 0 Å². The summed E-state index contributed by atoms with van der Waals surface area (Å²) in [6.45, 7) is 0. The van der Waals surface area contributed by atoms with Crippen LogP contribution in [0, 0.1) is 0 Å². The molecule has 0 N–H and O–H groups in total. The van der Waals surface area contributed by atoms with Gasteiger partial charge in [0.15, 0.2) is 0 Å². The molecule has 0 aliphatic carbocycles. The van der Waals surface area contributed by atoms with Gasteiger partial charge in [0, 0.05) is 21.7 Å². The van der Waals surface area contributed by atoms with Crippen LogP contribution >= 0.6 is 11.3 Å². The summed E-state index contributed by atoms with van der Waals surface area (Å²) >= 11 is 1.65. The number of hydrogen-bond acceptors (Lipinski definition) is 3. The van der Waals surface area contributed by atoms with Crippen molar-refractivity contribution in [1.29, 1.82) is 0 Å². The summed E-state index contributed by atoms with van der Waals surface area (Å²) < 4.78 is 2.19. The lowest BCUT2D eigenvalue weighted by Crippen LogP contribution is -2.02. The molecule has 0 aliphatic heterocycles. The molecule has 3 nitrogen and oxygen atoms in total. The summed E-state index contributed by atoms with van der Waals surface area (Å²) in [5, 5.41) is 5.60. The first-order chi connectivity index (χ1) is 16.9. The van der Waals surface area contributed by atoms with Crippen molar-refractivity contribution >= 4 is 43.4 Å². The summed E-state index contributed by atoms with van der Waals surface area (Å²) in [5.41, 5.74) is 6.69. The maximum Gasteiger partial charge on any atom is 0.236 e. The zero-order valence-corrected chi connectivity index (χ0v) is 19.0. The fraction of sp³-hybridized carbons (Fsp3) is 0. The van der Waals surface area contributed by atoms with Gasteiger partial charge < -0.3 is 0 Å². The molecule has 0 saturated carbocycles. The molecule has 3 aromatic heterocycles. The Balaban J connectivity index is 1.46. The van der Waals surface area contributed by atoms with Gasteiger partial charge in [-0.15, -0.1) is 11.3 Å². The molecule has 7 rings (SSSR count). The highest BCUT2D eigenvalue weighted by Crippen LogP contribution is 2.35. The van der Waals surface area contributed by atoms with E-state index in [4.69, 9.17) is 9.97 Å². The Morgan fingerprint density at radius 3 is 1.79 bits per heavy atom. The van der Waals surface area contributed by atoms with Gasteiger partial charge in [-0.25, -0.2) is 9.97 Å². The topological polar surface area (TPSA) is 30.7 Å². The van der Waals surface area contributed by atoms with Crippen LogP contribution in [0.15, 0.2) is 115 Å². The molecule has 0 radical (unpaired) electrons. The molecule has 7 aromatic rings. The van der Waals surface area contributed by atoms with Gasteiger partial charge in [-0.1, -0.05) is 91.0 Å². The highest BCUT2D eigenvalue weighted by atomic mass is 32.1. The van der Waals surface area contributed by atoms with Crippen LogP contribution < -0.4 is 0 Å². The number of nitrogens with zero attached hydrogens (tertiary/aromatic N) is 3. The summed E-state index contributed by atoms with van der Waals surface area (Å²) in [5.74, 6) is 0.703. The predicted molar refractivity (Wildman–Crippen MR) is 143 cm³/mol. The molecule has 160 valence electrons. The summed E-state index contributed by atoms with van der Waals surface area (Å²) in [4.78, 5) is 11.1. The first-order valence-electron chi connectivity index (χ1n) is 11.3. The van der Waals surface area contributed by atoms with Crippen molar-refractivity contribution in [2.24, 2.45) is 0 Å². The largest absolute Gasteiger partial charge is 0.278 e. The third-order valence-electron chi connectivity index (χ3n) is 6.36. The van der Waals surface area contributed by atoms with Crippen LogP contribution in [0.25, 0.3) is 60.4 Å². The van der Waals surface area contributed by atoms with Crippen molar-refractivity contribution in [2.45, 2.75) is 0 Å². The maximum atomic E-state index is 5.15. The number of hydrogen-bond donors (Lipinski definition) is 0. The second-order valence-electron chi connectivity index (χ2n) is 8.32. The summed E-state index contributed by atoms with van der Waals surface area (Å²) in [6.07, 6.45) is 0. The van der Waals surface area contributed by atoms with E-state index in [1.807, 2.05) is 6.07 Å². The normalized spacial score (nSPS) is 11.5. The lowest BCUT2D eigenvalue weighted by molar-refractivity contribution is 1.02. The molecular weight excluding hydrogens is 434 g/mol. The molecule has 0 aliphatic rings. The Morgan fingerprint density at radius 2 is 1.09 bits per heavy atom. The number of benzene rings is 4. The number of fused-ring (bicyclic) bond motifs is 4. The van der Waals surface area contributed by atoms with Gasteiger partial charge in [-0.05, 0) is 34.7 Å². The molecule has 4 heteroatoms. The molecule has 0 amide bonds. The predicted octanol–water partition coefficient (Wildman–Crippen LogP) is 8.12. The van der Waals surface area contributed by atoms with E-state index < -0.39 is 0 Å². The maximum absolute atomic E-state index is 5.15. The zero-order chi connectivity index (χ0) is 22.5. The first-order valence-corrected chi connectivity index (χ1v) is 12.1. The van der Waals surface area contributed by atoms with Crippen LogP contribution in [0.3, 0.4) is 0 Å². The fourth-order valence-electron chi connectivity index (χ4n) is 4.75. The van der Waals surface area contributed by atoms with E-state index in [0.29, 0.717) is 5.95 Å². The van der Waals surface area contributed by atoms with Crippen LogP contribution in [0.4, 0.5) is 0 Å². The highest BCUT2D eigenvalue weighted by Gasteiger charge is 2.17. The molecule has 4 aromatic carbocycles. The van der Waals surface area contributed by atoms with Crippen LogP contribution in [0.1, 0.15) is 0 Å². The smallest absolute Gasteiger partial charge is 0.236 e. The van der Waals surface area contributed by atoms with E-state index in [-0.39, 0.29) is 0 Å². The van der Waals surface area contributed by atoms with E-state index in [1.165, 1.54) is 21.9 Å². The third-order valence-corrected chi connectivity index (χ3v) is 7.17. The van der Waals surface area contributed by atoms with Crippen molar-refractivity contribution in [3.8, 4) is 28.3 Å². The number of rotatable bonds is 3. The van der Waals surface area contributed by atoms with E-state index in [2.05, 4.69) is 113 Å². The van der Waals surface area contributed by atoms with Gasteiger partial charge in [-0.3, -0.25) is 4.57 Å². The SMILES string of the molecule is c1ccc(-c2ccc(-c3nc(-n4c5ccccc5c5ccccc54)nc4sccc34)cc2)cc1. The van der Waals surface area contributed by atoms with Crippen molar-refractivity contribution in [3.05, 3.63) is 115 Å². The van der Waals surface area contributed by atoms with Crippen molar-refractivity contribution in [2.75, 3.05) is 0 Å². The summed E-state index contributed by atoms with van der Waals surface area (Å²) in [7, 11) is 0. The number of thiophene rings is 1. The lowest BCUT2D eigenvalue weighted by Gasteiger charge is -2.10. The molecule has 0 bridgehead atoms. The van der Waals surface area contributed by atoms with Gasteiger partial charge in [0.25, 0.3) is 0 Å². The third kappa shape index (κ3) is 2.96. The minimum Gasteiger partial charge on any atom is -0.278 e. The summed E-state index contributed by atoms with van der Waals surface area (Å²) in [6, 6.07) is 38.2. The number of aromatic nitrogens is 3.